The van der Waals surface area contributed by atoms with Crippen molar-refractivity contribution in [2.24, 2.45) is 5.18 Å². The third-order valence-electron chi connectivity index (χ3n) is 0.853. The maximum absolute atomic E-state index is 9.43. The summed E-state index contributed by atoms with van der Waals surface area (Å²) in [6.45, 7) is 6.60. The second-order valence-corrected chi connectivity index (χ2v) is 1.56. The Morgan fingerprint density at radius 3 is 2.11 bits per heavy atom. The van der Waals surface area contributed by atoms with Crippen LogP contribution in [0, 0.1) is 4.91 Å². The van der Waals surface area contributed by atoms with Crippen LogP contribution in [0.3, 0.4) is 0 Å². The molecule has 0 aromatic heterocycles. The Bertz CT molecular complexity index is 46.2. The molecule has 9 heavy (non-hydrogen) atoms. The van der Waals surface area contributed by atoms with E-state index in [0.717, 1.165) is 19.3 Å². The van der Waals surface area contributed by atoms with E-state index >= 15 is 0 Å². The van der Waals surface area contributed by atoms with E-state index in [9.17, 15) is 4.91 Å². The van der Waals surface area contributed by atoms with Crippen molar-refractivity contribution >= 4 is 0 Å². The molecular weight excluding hydrogens is 114 g/mol. The molecule has 0 saturated carbocycles. The Balaban J connectivity index is 0. The summed E-state index contributed by atoms with van der Waals surface area (Å²) in [5, 5.41) is 2.72. The lowest BCUT2D eigenvalue weighted by Crippen LogP contribution is -1.76. The van der Waals surface area contributed by atoms with Gasteiger partial charge in [0.05, 0.1) is 6.54 Å². The van der Waals surface area contributed by atoms with Gasteiger partial charge in [0, 0.05) is 0 Å². The second kappa shape index (κ2) is 15.6. The smallest absolute Gasteiger partial charge is 0.0811 e. The molecule has 0 aliphatic rings. The Labute approximate surface area is 57.6 Å². The van der Waals surface area contributed by atoms with Crippen molar-refractivity contribution in [1.82, 2.24) is 0 Å². The summed E-state index contributed by atoms with van der Waals surface area (Å²) in [7, 11) is 0. The van der Waals surface area contributed by atoms with Gasteiger partial charge in [0.25, 0.3) is 0 Å². The van der Waals surface area contributed by atoms with Gasteiger partial charge in [-0.2, -0.15) is 4.91 Å². The lowest BCUT2D eigenvalue weighted by atomic mass is 10.3. The van der Waals surface area contributed by atoms with Crippen molar-refractivity contribution in [2.75, 3.05) is 6.54 Å². The normalized spacial score (nSPS) is 7.44. The molecule has 0 atom stereocenters. The molecule has 0 aliphatic carbocycles. The Hall–Kier alpha value is -0.400. The molecule has 0 heterocycles. The predicted octanol–water partition coefficient (Wildman–Crippen LogP) is 2.97. The fraction of sp³-hybridized carbons (Fsp3) is 1.00. The summed E-state index contributed by atoms with van der Waals surface area (Å²) in [4.78, 5) is 9.43. The van der Waals surface area contributed by atoms with Gasteiger partial charge in [-0.25, -0.2) is 0 Å². The third-order valence-corrected chi connectivity index (χ3v) is 0.853. The van der Waals surface area contributed by atoms with Gasteiger partial charge >= 0.3 is 0 Å². The SMILES string of the molecule is CC.CCCCCN=O. The van der Waals surface area contributed by atoms with Gasteiger partial charge in [-0.05, 0) is 6.42 Å². The van der Waals surface area contributed by atoms with Gasteiger partial charge in [0.1, 0.15) is 0 Å². The summed E-state index contributed by atoms with van der Waals surface area (Å²) in [6, 6.07) is 0. The Kier molecular flexibility index (Phi) is 19.8. The number of hydrogen-bond acceptors (Lipinski definition) is 2. The summed E-state index contributed by atoms with van der Waals surface area (Å²) >= 11 is 0. The monoisotopic (exact) mass is 131 g/mol. The van der Waals surface area contributed by atoms with E-state index in [-0.39, 0.29) is 0 Å². The first-order chi connectivity index (χ1) is 4.41. The van der Waals surface area contributed by atoms with Gasteiger partial charge < -0.3 is 0 Å². The summed E-state index contributed by atoms with van der Waals surface area (Å²) in [6.07, 6.45) is 3.25. The molecule has 0 rings (SSSR count). The largest absolute Gasteiger partial charge is 0.151 e. The van der Waals surface area contributed by atoms with Crippen molar-refractivity contribution < 1.29 is 0 Å². The van der Waals surface area contributed by atoms with Crippen LogP contribution in [0.4, 0.5) is 0 Å². The Morgan fingerprint density at radius 1 is 1.22 bits per heavy atom. The molecule has 0 fully saturated rings. The molecule has 0 aliphatic heterocycles. The van der Waals surface area contributed by atoms with Crippen LogP contribution >= 0.6 is 0 Å². The van der Waals surface area contributed by atoms with E-state index in [0.29, 0.717) is 6.54 Å². The average molecular weight is 131 g/mol. The van der Waals surface area contributed by atoms with Crippen LogP contribution in [0.5, 0.6) is 0 Å². The molecule has 0 aromatic rings. The van der Waals surface area contributed by atoms with Crippen LogP contribution in [0.1, 0.15) is 40.0 Å². The van der Waals surface area contributed by atoms with Crippen LogP contribution in [-0.2, 0) is 0 Å². The molecule has 0 spiro atoms. The quantitative estimate of drug-likeness (QED) is 0.426. The van der Waals surface area contributed by atoms with Crippen molar-refractivity contribution in [1.29, 1.82) is 0 Å². The zero-order valence-corrected chi connectivity index (χ0v) is 6.68. The minimum absolute atomic E-state index is 0.494. The standard InChI is InChI=1S/C5H11NO.C2H6/c1-2-3-4-5-6-7;1-2/h2-5H2,1H3;1-2H3. The molecule has 56 valence electrons. The van der Waals surface area contributed by atoms with Gasteiger partial charge in [-0.3, -0.25) is 0 Å². The maximum Gasteiger partial charge on any atom is 0.0811 e. The van der Waals surface area contributed by atoms with E-state index in [1.807, 2.05) is 13.8 Å². The van der Waals surface area contributed by atoms with Crippen LogP contribution < -0.4 is 0 Å². The lowest BCUT2D eigenvalue weighted by molar-refractivity contribution is 0.726. The summed E-state index contributed by atoms with van der Waals surface area (Å²) in [5.41, 5.74) is 0. The lowest BCUT2D eigenvalue weighted by Gasteiger charge is -1.85. The molecule has 2 nitrogen and oxygen atoms in total. The van der Waals surface area contributed by atoms with Crippen LogP contribution in [0.2, 0.25) is 0 Å². The van der Waals surface area contributed by atoms with Gasteiger partial charge in [-0.1, -0.05) is 38.8 Å². The summed E-state index contributed by atoms with van der Waals surface area (Å²) < 4.78 is 0. The molecular formula is C7H17NO. The third kappa shape index (κ3) is 18.4. The number of hydrogen-bond donors (Lipinski definition) is 0. The average Bonchev–Trinajstić information content (AvgIpc) is 1.94. The molecule has 0 aromatic carbocycles. The highest BCUT2D eigenvalue weighted by molar-refractivity contribution is 4.40. The number of nitrogens with zero attached hydrogens (tertiary/aromatic N) is 1. The van der Waals surface area contributed by atoms with Crippen molar-refractivity contribution in [2.45, 2.75) is 40.0 Å². The second-order valence-electron chi connectivity index (χ2n) is 1.56. The Morgan fingerprint density at radius 2 is 1.78 bits per heavy atom. The van der Waals surface area contributed by atoms with Crippen LogP contribution in [0.15, 0.2) is 5.18 Å². The number of nitroso groups, excluding NO2 is 1. The molecule has 0 unspecified atom stereocenters. The van der Waals surface area contributed by atoms with E-state index < -0.39 is 0 Å². The highest BCUT2D eigenvalue weighted by Crippen LogP contribution is 1.91. The van der Waals surface area contributed by atoms with Gasteiger partial charge in [-0.15, -0.1) is 0 Å². The number of rotatable bonds is 4. The maximum atomic E-state index is 9.43. The van der Waals surface area contributed by atoms with Crippen molar-refractivity contribution in [3.05, 3.63) is 4.91 Å². The first kappa shape index (κ1) is 11.4. The van der Waals surface area contributed by atoms with Crippen molar-refractivity contribution in [3.63, 3.8) is 0 Å². The minimum atomic E-state index is 0.494. The van der Waals surface area contributed by atoms with E-state index in [4.69, 9.17) is 0 Å². The number of unbranched alkanes of at least 4 members (excludes halogenated alkanes) is 2. The molecule has 2 heteroatoms. The first-order valence-electron chi connectivity index (χ1n) is 3.71. The molecule has 0 saturated heterocycles. The van der Waals surface area contributed by atoms with Gasteiger partial charge in [0.15, 0.2) is 0 Å². The van der Waals surface area contributed by atoms with E-state index in [2.05, 4.69) is 12.1 Å². The minimum Gasteiger partial charge on any atom is -0.151 e. The zero-order valence-electron chi connectivity index (χ0n) is 6.68. The van der Waals surface area contributed by atoms with Crippen LogP contribution in [0.25, 0.3) is 0 Å². The zero-order chi connectivity index (χ0) is 7.54. The van der Waals surface area contributed by atoms with Crippen LogP contribution in [-0.4, -0.2) is 6.54 Å². The van der Waals surface area contributed by atoms with E-state index in [1.54, 1.807) is 0 Å². The molecule has 0 N–H and O–H groups in total. The summed E-state index contributed by atoms with van der Waals surface area (Å²) in [5.74, 6) is 0. The highest BCUT2D eigenvalue weighted by atomic mass is 16.3. The molecule has 0 bridgehead atoms. The molecule has 0 radical (unpaired) electrons. The fourth-order valence-electron chi connectivity index (χ4n) is 0.426. The fourth-order valence-corrected chi connectivity index (χ4v) is 0.426. The first-order valence-corrected chi connectivity index (χ1v) is 3.71. The van der Waals surface area contributed by atoms with E-state index in [1.165, 1.54) is 0 Å². The predicted molar refractivity (Wildman–Crippen MR) is 41.5 cm³/mol. The highest BCUT2D eigenvalue weighted by Gasteiger charge is 1.80. The molecule has 0 amide bonds. The van der Waals surface area contributed by atoms with Gasteiger partial charge in [0.2, 0.25) is 0 Å². The van der Waals surface area contributed by atoms with Crippen molar-refractivity contribution in [3.8, 4) is 0 Å². The topological polar surface area (TPSA) is 29.4 Å².